The number of aromatic hydroxyl groups is 2. The van der Waals surface area contributed by atoms with Crippen LogP contribution in [0.25, 0.3) is 10.8 Å². The standard InChI is InChI=1S/C17H18O2/c1-9-10-7-8-17(9,2)14-13(10)15(18)11-5-3-4-6-12(11)16(14)19/h3-6,9-10,18-19H,7-8H2,1-2H3. The topological polar surface area (TPSA) is 40.5 Å². The zero-order valence-electron chi connectivity index (χ0n) is 11.3. The summed E-state index contributed by atoms with van der Waals surface area (Å²) in [5.74, 6) is 1.68. The number of fused-ring (bicyclic) bond motifs is 6. The van der Waals surface area contributed by atoms with E-state index in [0.29, 0.717) is 23.3 Å². The molecule has 3 unspecified atom stereocenters. The average Bonchev–Trinajstić information content (AvgIpc) is 2.83. The minimum Gasteiger partial charge on any atom is -0.507 e. The van der Waals surface area contributed by atoms with E-state index in [4.69, 9.17) is 0 Å². The van der Waals surface area contributed by atoms with Gasteiger partial charge in [0, 0.05) is 21.9 Å². The lowest BCUT2D eigenvalue weighted by atomic mass is 9.76. The fourth-order valence-corrected chi connectivity index (χ4v) is 4.49. The smallest absolute Gasteiger partial charge is 0.127 e. The van der Waals surface area contributed by atoms with Crippen molar-refractivity contribution in [2.24, 2.45) is 5.92 Å². The van der Waals surface area contributed by atoms with Crippen LogP contribution in [0.3, 0.4) is 0 Å². The number of benzene rings is 2. The quantitative estimate of drug-likeness (QED) is 0.697. The fourth-order valence-electron chi connectivity index (χ4n) is 4.49. The maximum atomic E-state index is 10.7. The molecular weight excluding hydrogens is 236 g/mol. The molecule has 19 heavy (non-hydrogen) atoms. The number of phenolic OH excluding ortho intramolecular Hbond substituents is 2. The summed E-state index contributed by atoms with van der Waals surface area (Å²) in [5.41, 5.74) is 2.04. The first-order valence-electron chi connectivity index (χ1n) is 7.02. The summed E-state index contributed by atoms with van der Waals surface area (Å²) < 4.78 is 0. The Bertz CT molecular complexity index is 704. The molecule has 0 heterocycles. The van der Waals surface area contributed by atoms with Crippen molar-refractivity contribution in [3.05, 3.63) is 35.4 Å². The molecule has 4 rings (SSSR count). The normalized spacial score (nSPS) is 31.9. The molecule has 98 valence electrons. The molecule has 2 heteroatoms. The van der Waals surface area contributed by atoms with Crippen LogP contribution < -0.4 is 0 Å². The van der Waals surface area contributed by atoms with E-state index in [1.165, 1.54) is 0 Å². The molecule has 2 N–H and O–H groups in total. The second kappa shape index (κ2) is 3.24. The summed E-state index contributed by atoms with van der Waals surface area (Å²) in [6, 6.07) is 7.60. The summed E-state index contributed by atoms with van der Waals surface area (Å²) >= 11 is 0. The molecule has 2 aliphatic rings. The highest BCUT2D eigenvalue weighted by molar-refractivity contribution is 5.96. The third kappa shape index (κ3) is 1.09. The van der Waals surface area contributed by atoms with Crippen molar-refractivity contribution in [2.75, 3.05) is 0 Å². The van der Waals surface area contributed by atoms with Gasteiger partial charge in [-0.15, -0.1) is 0 Å². The highest BCUT2D eigenvalue weighted by Crippen LogP contribution is 2.66. The minimum atomic E-state index is 0.0194. The maximum Gasteiger partial charge on any atom is 0.127 e. The van der Waals surface area contributed by atoms with Gasteiger partial charge < -0.3 is 10.2 Å². The van der Waals surface area contributed by atoms with Crippen LogP contribution in [0.5, 0.6) is 11.5 Å². The zero-order chi connectivity index (χ0) is 13.4. The first-order chi connectivity index (χ1) is 9.05. The van der Waals surface area contributed by atoms with Crippen LogP contribution in [-0.2, 0) is 5.41 Å². The Morgan fingerprint density at radius 2 is 1.74 bits per heavy atom. The average molecular weight is 254 g/mol. The zero-order valence-corrected chi connectivity index (χ0v) is 11.3. The number of rotatable bonds is 0. The minimum absolute atomic E-state index is 0.0194. The van der Waals surface area contributed by atoms with Crippen LogP contribution in [0.2, 0.25) is 0 Å². The van der Waals surface area contributed by atoms with Gasteiger partial charge in [-0.05, 0) is 30.1 Å². The summed E-state index contributed by atoms with van der Waals surface area (Å²) in [6.07, 6.45) is 2.23. The van der Waals surface area contributed by atoms with Gasteiger partial charge in [0.2, 0.25) is 0 Å². The molecule has 2 aromatic carbocycles. The van der Waals surface area contributed by atoms with Crippen LogP contribution in [0, 0.1) is 5.92 Å². The summed E-state index contributed by atoms with van der Waals surface area (Å²) in [6.45, 7) is 4.48. The molecule has 0 aliphatic heterocycles. The van der Waals surface area contributed by atoms with E-state index in [0.717, 1.165) is 34.7 Å². The fraction of sp³-hybridized carbons (Fsp3) is 0.412. The molecule has 2 aromatic rings. The third-order valence-corrected chi connectivity index (χ3v) is 5.72. The molecular formula is C17H18O2. The molecule has 1 fully saturated rings. The molecule has 3 atom stereocenters. The van der Waals surface area contributed by atoms with Gasteiger partial charge in [0.05, 0.1) is 0 Å². The first-order valence-corrected chi connectivity index (χ1v) is 7.02. The Morgan fingerprint density at radius 3 is 2.42 bits per heavy atom. The predicted octanol–water partition coefficient (Wildman–Crippen LogP) is 4.04. The van der Waals surface area contributed by atoms with Gasteiger partial charge in [-0.3, -0.25) is 0 Å². The Labute approximate surface area is 112 Å². The van der Waals surface area contributed by atoms with Crippen LogP contribution in [-0.4, -0.2) is 10.2 Å². The molecule has 2 nitrogen and oxygen atoms in total. The van der Waals surface area contributed by atoms with Gasteiger partial charge in [0.15, 0.2) is 0 Å². The van der Waals surface area contributed by atoms with Crippen LogP contribution in [0.1, 0.15) is 43.7 Å². The molecule has 0 saturated heterocycles. The Hall–Kier alpha value is -1.70. The molecule has 2 bridgehead atoms. The van der Waals surface area contributed by atoms with Gasteiger partial charge in [-0.1, -0.05) is 38.1 Å². The van der Waals surface area contributed by atoms with Crippen molar-refractivity contribution in [2.45, 2.75) is 38.0 Å². The molecule has 1 saturated carbocycles. The number of phenols is 2. The highest BCUT2D eigenvalue weighted by atomic mass is 16.3. The first kappa shape index (κ1) is 11.2. The highest BCUT2D eigenvalue weighted by Gasteiger charge is 2.54. The SMILES string of the molecule is CC1C2CCC1(C)c1c2c(O)c2ccccc2c1O. The van der Waals surface area contributed by atoms with Crippen molar-refractivity contribution in [3.63, 3.8) is 0 Å². The van der Waals surface area contributed by atoms with Crippen molar-refractivity contribution in [1.29, 1.82) is 0 Å². The van der Waals surface area contributed by atoms with Gasteiger partial charge in [-0.25, -0.2) is 0 Å². The second-order valence-corrected chi connectivity index (χ2v) is 6.38. The summed E-state index contributed by atoms with van der Waals surface area (Å²) in [5, 5.41) is 22.9. The second-order valence-electron chi connectivity index (χ2n) is 6.38. The van der Waals surface area contributed by atoms with E-state index in [9.17, 15) is 10.2 Å². The lowest BCUT2D eigenvalue weighted by molar-refractivity contribution is 0.369. The van der Waals surface area contributed by atoms with E-state index in [2.05, 4.69) is 13.8 Å². The predicted molar refractivity (Wildman–Crippen MR) is 75.8 cm³/mol. The lowest BCUT2D eigenvalue weighted by Crippen LogP contribution is -2.21. The molecule has 0 spiro atoms. The molecule has 0 amide bonds. The van der Waals surface area contributed by atoms with E-state index in [1.807, 2.05) is 24.3 Å². The number of hydrogen-bond acceptors (Lipinski definition) is 2. The van der Waals surface area contributed by atoms with Crippen LogP contribution in [0.4, 0.5) is 0 Å². The maximum absolute atomic E-state index is 10.7. The van der Waals surface area contributed by atoms with Crippen molar-refractivity contribution in [1.82, 2.24) is 0 Å². The van der Waals surface area contributed by atoms with Crippen molar-refractivity contribution >= 4 is 10.8 Å². The molecule has 2 aliphatic carbocycles. The van der Waals surface area contributed by atoms with Crippen molar-refractivity contribution < 1.29 is 10.2 Å². The van der Waals surface area contributed by atoms with Gasteiger partial charge in [0.25, 0.3) is 0 Å². The molecule has 0 radical (unpaired) electrons. The number of hydrogen-bond donors (Lipinski definition) is 2. The Balaban J connectivity index is 2.19. The van der Waals surface area contributed by atoms with Crippen LogP contribution in [0.15, 0.2) is 24.3 Å². The van der Waals surface area contributed by atoms with Gasteiger partial charge in [-0.2, -0.15) is 0 Å². The lowest BCUT2D eigenvalue weighted by Gasteiger charge is -2.28. The summed E-state index contributed by atoms with van der Waals surface area (Å²) in [4.78, 5) is 0. The van der Waals surface area contributed by atoms with E-state index in [-0.39, 0.29) is 5.41 Å². The monoisotopic (exact) mass is 254 g/mol. The van der Waals surface area contributed by atoms with E-state index < -0.39 is 0 Å². The molecule has 0 aromatic heterocycles. The third-order valence-electron chi connectivity index (χ3n) is 5.72. The van der Waals surface area contributed by atoms with E-state index in [1.54, 1.807) is 0 Å². The Kier molecular flexibility index (Phi) is 1.90. The van der Waals surface area contributed by atoms with Crippen molar-refractivity contribution in [3.8, 4) is 11.5 Å². The van der Waals surface area contributed by atoms with E-state index >= 15 is 0 Å². The van der Waals surface area contributed by atoms with Crippen LogP contribution >= 0.6 is 0 Å². The van der Waals surface area contributed by atoms with Gasteiger partial charge in [0.1, 0.15) is 11.5 Å². The summed E-state index contributed by atoms with van der Waals surface area (Å²) in [7, 11) is 0. The largest absolute Gasteiger partial charge is 0.507 e. The van der Waals surface area contributed by atoms with Gasteiger partial charge >= 0.3 is 0 Å². The Morgan fingerprint density at radius 1 is 1.11 bits per heavy atom.